The summed E-state index contributed by atoms with van der Waals surface area (Å²) in [4.78, 5) is 11.9. The fraction of sp³-hybridized carbons (Fsp3) is 0.500. The van der Waals surface area contributed by atoms with E-state index in [0.717, 1.165) is 0 Å². The summed E-state index contributed by atoms with van der Waals surface area (Å²) in [7, 11) is 0. The van der Waals surface area contributed by atoms with Gasteiger partial charge in [0.25, 0.3) is 0 Å². The number of aliphatic hydroxyl groups excluding tert-OH is 2. The van der Waals surface area contributed by atoms with Crippen LogP contribution in [0, 0.1) is 0 Å². The van der Waals surface area contributed by atoms with Gasteiger partial charge in [0.05, 0.1) is 19.0 Å². The second-order valence-corrected chi connectivity index (χ2v) is 4.67. The first-order valence-electron chi connectivity index (χ1n) is 5.70. The minimum atomic E-state index is -0.760. The molecule has 0 spiro atoms. The van der Waals surface area contributed by atoms with Gasteiger partial charge in [-0.15, -0.1) is 0 Å². The van der Waals surface area contributed by atoms with Gasteiger partial charge in [0.1, 0.15) is 11.6 Å². The minimum Gasteiger partial charge on any atom is -0.394 e. The predicted octanol–water partition coefficient (Wildman–Crippen LogP) is -0.297. The number of hydrogen-bond acceptors (Lipinski definition) is 7. The van der Waals surface area contributed by atoms with Crippen molar-refractivity contribution in [1.82, 2.24) is 19.5 Å². The van der Waals surface area contributed by atoms with Crippen LogP contribution in [0.1, 0.15) is 12.6 Å². The second-order valence-electron chi connectivity index (χ2n) is 4.34. The first-order chi connectivity index (χ1) is 9.10. The molecule has 8 nitrogen and oxygen atoms in total. The maximum absolute atomic E-state index is 9.97. The molecule has 9 heteroatoms. The molecule has 4 N–H and O–H groups in total. The van der Waals surface area contributed by atoms with Crippen LogP contribution < -0.4 is 5.73 Å². The van der Waals surface area contributed by atoms with Gasteiger partial charge in [-0.2, -0.15) is 9.97 Å². The Morgan fingerprint density at radius 3 is 3.00 bits per heavy atom. The Balaban J connectivity index is 2.06. The predicted molar refractivity (Wildman–Crippen MR) is 66.4 cm³/mol. The molecule has 19 heavy (non-hydrogen) atoms. The second kappa shape index (κ2) is 4.57. The van der Waals surface area contributed by atoms with E-state index in [1.807, 2.05) is 0 Å². The van der Waals surface area contributed by atoms with Gasteiger partial charge in [-0.1, -0.05) is 0 Å². The van der Waals surface area contributed by atoms with Crippen LogP contribution in [0.25, 0.3) is 11.2 Å². The monoisotopic (exact) mass is 285 g/mol. The van der Waals surface area contributed by atoms with E-state index in [1.165, 1.54) is 6.33 Å². The quantitative estimate of drug-likeness (QED) is 0.648. The molecule has 0 amide bonds. The van der Waals surface area contributed by atoms with Crippen LogP contribution in [-0.2, 0) is 4.74 Å². The van der Waals surface area contributed by atoms with Crippen molar-refractivity contribution >= 4 is 28.6 Å². The summed E-state index contributed by atoms with van der Waals surface area (Å²) in [5, 5.41) is 19.0. The van der Waals surface area contributed by atoms with E-state index in [-0.39, 0.29) is 17.7 Å². The molecule has 0 saturated carbocycles. The van der Waals surface area contributed by atoms with Gasteiger partial charge in [-0.05, 0) is 11.6 Å². The number of fused-ring (bicyclic) bond motifs is 1. The normalized spacial score (nSPS) is 27.2. The molecule has 1 aliphatic rings. The molecule has 0 aliphatic carbocycles. The van der Waals surface area contributed by atoms with Crippen molar-refractivity contribution in [2.24, 2.45) is 0 Å². The van der Waals surface area contributed by atoms with Crippen molar-refractivity contribution in [3.05, 3.63) is 11.6 Å². The molecule has 0 radical (unpaired) electrons. The maximum atomic E-state index is 9.97. The zero-order valence-corrected chi connectivity index (χ0v) is 10.5. The van der Waals surface area contributed by atoms with Crippen molar-refractivity contribution in [3.8, 4) is 0 Å². The van der Waals surface area contributed by atoms with E-state index in [9.17, 15) is 5.11 Å². The summed E-state index contributed by atoms with van der Waals surface area (Å²) in [5.74, 6) is 0.167. The number of nitrogen functional groups attached to an aromatic ring is 1. The average Bonchev–Trinajstić information content (AvgIpc) is 2.92. The number of ether oxygens (including phenoxy) is 1. The van der Waals surface area contributed by atoms with Gasteiger partial charge in [-0.25, -0.2) is 4.98 Å². The van der Waals surface area contributed by atoms with Gasteiger partial charge >= 0.3 is 0 Å². The van der Waals surface area contributed by atoms with Crippen LogP contribution in [0.4, 0.5) is 5.82 Å². The van der Waals surface area contributed by atoms with Crippen LogP contribution in [0.3, 0.4) is 0 Å². The van der Waals surface area contributed by atoms with E-state index in [4.69, 9.17) is 27.2 Å². The van der Waals surface area contributed by atoms with Crippen LogP contribution >= 0.6 is 11.6 Å². The fourth-order valence-corrected chi connectivity index (χ4v) is 2.37. The Morgan fingerprint density at radius 2 is 2.32 bits per heavy atom. The van der Waals surface area contributed by atoms with E-state index < -0.39 is 18.4 Å². The number of imidazole rings is 1. The third-order valence-electron chi connectivity index (χ3n) is 3.06. The van der Waals surface area contributed by atoms with Crippen molar-refractivity contribution in [1.29, 1.82) is 0 Å². The van der Waals surface area contributed by atoms with Gasteiger partial charge in [0, 0.05) is 6.42 Å². The molecule has 3 atom stereocenters. The number of aromatic nitrogens is 4. The standard InChI is InChI=1S/C10H12ClN5O3/c11-10-14-7(12)6-8(15-10)16(3-13-6)9-5(18)1-4(2-17)19-9/h3-5,9,17-18H,1-2H2,(H2,12,14,15)/t4-,5+,9+/m0/s1. The number of hydrogen-bond donors (Lipinski definition) is 3. The fourth-order valence-electron chi connectivity index (χ4n) is 2.19. The number of nitrogens with zero attached hydrogens (tertiary/aromatic N) is 4. The highest BCUT2D eigenvalue weighted by Gasteiger charge is 2.36. The molecule has 3 heterocycles. The molecule has 3 rings (SSSR count). The van der Waals surface area contributed by atoms with Gasteiger partial charge in [0.15, 0.2) is 17.7 Å². The first kappa shape index (κ1) is 12.5. The van der Waals surface area contributed by atoms with E-state index in [2.05, 4.69) is 15.0 Å². The lowest BCUT2D eigenvalue weighted by molar-refractivity contribution is -0.0486. The van der Waals surface area contributed by atoms with Crippen molar-refractivity contribution in [2.75, 3.05) is 12.3 Å². The zero-order chi connectivity index (χ0) is 13.6. The van der Waals surface area contributed by atoms with E-state index in [1.54, 1.807) is 4.57 Å². The number of aliphatic hydroxyl groups is 2. The molecule has 0 aromatic carbocycles. The van der Waals surface area contributed by atoms with Crippen LogP contribution in [0.15, 0.2) is 6.33 Å². The summed E-state index contributed by atoms with van der Waals surface area (Å²) < 4.78 is 7.07. The summed E-state index contributed by atoms with van der Waals surface area (Å²) in [6.07, 6.45) is -0.0430. The number of rotatable bonds is 2. The molecular weight excluding hydrogens is 274 g/mol. The summed E-state index contributed by atoms with van der Waals surface area (Å²) in [5.41, 5.74) is 6.49. The van der Waals surface area contributed by atoms with Crippen molar-refractivity contribution in [2.45, 2.75) is 24.9 Å². The van der Waals surface area contributed by atoms with Crippen LogP contribution in [0.5, 0.6) is 0 Å². The lowest BCUT2D eigenvalue weighted by Gasteiger charge is -2.16. The minimum absolute atomic E-state index is 0.00190. The largest absolute Gasteiger partial charge is 0.394 e. The van der Waals surface area contributed by atoms with Crippen LogP contribution in [0.2, 0.25) is 5.28 Å². The highest BCUT2D eigenvalue weighted by Crippen LogP contribution is 2.31. The first-order valence-corrected chi connectivity index (χ1v) is 6.08. The highest BCUT2D eigenvalue weighted by molar-refractivity contribution is 6.28. The molecule has 0 bridgehead atoms. The molecule has 2 aromatic rings. The van der Waals surface area contributed by atoms with Gasteiger partial charge < -0.3 is 20.7 Å². The lowest BCUT2D eigenvalue weighted by Crippen LogP contribution is -2.19. The van der Waals surface area contributed by atoms with Crippen molar-refractivity contribution in [3.63, 3.8) is 0 Å². The molecule has 0 unspecified atom stereocenters. The third-order valence-corrected chi connectivity index (χ3v) is 3.23. The Labute approximate surface area is 112 Å². The summed E-state index contributed by atoms with van der Waals surface area (Å²) in [6, 6.07) is 0. The molecular formula is C10H12ClN5O3. The summed E-state index contributed by atoms with van der Waals surface area (Å²) >= 11 is 5.77. The third kappa shape index (κ3) is 2.02. The zero-order valence-electron chi connectivity index (χ0n) is 9.77. The average molecular weight is 286 g/mol. The SMILES string of the molecule is Nc1nc(Cl)nc2c1ncn2[C@@H]1O[C@H](CO)C[C@H]1O. The topological polar surface area (TPSA) is 119 Å². The molecule has 102 valence electrons. The molecule has 1 saturated heterocycles. The van der Waals surface area contributed by atoms with Crippen molar-refractivity contribution < 1.29 is 14.9 Å². The maximum Gasteiger partial charge on any atom is 0.226 e. The molecule has 1 aliphatic heterocycles. The Bertz CT molecular complexity index is 618. The Kier molecular flexibility index (Phi) is 3.02. The highest BCUT2D eigenvalue weighted by atomic mass is 35.5. The Hall–Kier alpha value is -1.48. The number of anilines is 1. The van der Waals surface area contributed by atoms with Crippen LogP contribution in [-0.4, -0.2) is 48.5 Å². The molecule has 1 fully saturated rings. The van der Waals surface area contributed by atoms with Gasteiger partial charge in [0.2, 0.25) is 5.28 Å². The smallest absolute Gasteiger partial charge is 0.226 e. The van der Waals surface area contributed by atoms with E-state index in [0.29, 0.717) is 17.6 Å². The molecule has 2 aromatic heterocycles. The Morgan fingerprint density at radius 1 is 1.53 bits per heavy atom. The lowest BCUT2D eigenvalue weighted by atomic mass is 10.2. The van der Waals surface area contributed by atoms with E-state index >= 15 is 0 Å². The number of nitrogens with two attached hydrogens (primary N) is 1. The summed E-state index contributed by atoms with van der Waals surface area (Å²) in [6.45, 7) is -0.155. The van der Waals surface area contributed by atoms with Gasteiger partial charge in [-0.3, -0.25) is 4.57 Å². The number of halogens is 1.